The van der Waals surface area contributed by atoms with Gasteiger partial charge < -0.3 is 0 Å². The lowest BCUT2D eigenvalue weighted by Gasteiger charge is -2.33. The summed E-state index contributed by atoms with van der Waals surface area (Å²) in [4.78, 5) is 16.1. The van der Waals surface area contributed by atoms with Crippen molar-refractivity contribution in [2.75, 3.05) is 6.26 Å². The van der Waals surface area contributed by atoms with Crippen LogP contribution in [0.5, 0.6) is 0 Å². The summed E-state index contributed by atoms with van der Waals surface area (Å²) in [5.74, 6) is 1.27. The van der Waals surface area contributed by atoms with Gasteiger partial charge >= 0.3 is 0 Å². The fraction of sp³-hybridized carbons (Fsp3) is 0.435. The van der Waals surface area contributed by atoms with Gasteiger partial charge in [-0.05, 0) is 48.0 Å². The third-order valence-corrected chi connectivity index (χ3v) is 8.23. The molecule has 0 unspecified atom stereocenters. The summed E-state index contributed by atoms with van der Waals surface area (Å²) in [7, 11) is 0. The van der Waals surface area contributed by atoms with E-state index in [1.165, 1.54) is 10.4 Å². The summed E-state index contributed by atoms with van der Waals surface area (Å²) in [6.07, 6.45) is 5.17. The Labute approximate surface area is 184 Å². The molecule has 0 amide bonds. The van der Waals surface area contributed by atoms with Gasteiger partial charge in [0.25, 0.3) is 5.56 Å². The lowest BCUT2D eigenvalue weighted by atomic mass is 9.72. The number of fused-ring (bicyclic) bond motifs is 5. The van der Waals surface area contributed by atoms with Gasteiger partial charge in [0.15, 0.2) is 5.16 Å². The molecule has 5 nitrogen and oxygen atoms in total. The number of thioether (sulfide) groups is 1. The minimum absolute atomic E-state index is 0.0631. The summed E-state index contributed by atoms with van der Waals surface area (Å²) in [5.41, 5.74) is 2.68. The molecule has 0 aliphatic heterocycles. The summed E-state index contributed by atoms with van der Waals surface area (Å²) in [6, 6.07) is 10.1. The molecule has 1 aliphatic rings. The summed E-state index contributed by atoms with van der Waals surface area (Å²) < 4.78 is 3.90. The minimum Gasteiger partial charge on any atom is -0.272 e. The first-order chi connectivity index (χ1) is 14.4. The van der Waals surface area contributed by atoms with Crippen molar-refractivity contribution in [3.8, 4) is 0 Å². The van der Waals surface area contributed by atoms with E-state index < -0.39 is 0 Å². The Morgan fingerprint density at radius 3 is 2.67 bits per heavy atom. The van der Waals surface area contributed by atoms with Crippen molar-refractivity contribution in [2.24, 2.45) is 11.3 Å². The quantitative estimate of drug-likeness (QED) is 0.421. The molecule has 0 saturated heterocycles. The van der Waals surface area contributed by atoms with E-state index in [1.807, 2.05) is 24.5 Å². The largest absolute Gasteiger partial charge is 0.272 e. The van der Waals surface area contributed by atoms with Crippen molar-refractivity contribution in [2.45, 2.75) is 51.7 Å². The molecule has 0 bridgehead atoms. The second kappa shape index (κ2) is 7.24. The molecule has 0 radical (unpaired) electrons. The van der Waals surface area contributed by atoms with Gasteiger partial charge in [0.2, 0.25) is 5.78 Å². The predicted octanol–water partition coefficient (Wildman–Crippen LogP) is 5.03. The van der Waals surface area contributed by atoms with E-state index in [4.69, 9.17) is 0 Å². The van der Waals surface area contributed by atoms with Crippen LogP contribution in [0.3, 0.4) is 0 Å². The van der Waals surface area contributed by atoms with Gasteiger partial charge in [-0.2, -0.15) is 0 Å². The zero-order valence-electron chi connectivity index (χ0n) is 17.8. The van der Waals surface area contributed by atoms with Crippen LogP contribution in [-0.2, 0) is 19.4 Å². The molecule has 30 heavy (non-hydrogen) atoms. The molecule has 0 N–H and O–H groups in total. The van der Waals surface area contributed by atoms with Gasteiger partial charge in [-0.25, -0.2) is 4.40 Å². The summed E-state index contributed by atoms with van der Waals surface area (Å²) >= 11 is 3.34. The van der Waals surface area contributed by atoms with Crippen molar-refractivity contribution in [1.29, 1.82) is 0 Å². The lowest BCUT2D eigenvalue weighted by molar-refractivity contribution is 0.218. The second-order valence-electron chi connectivity index (χ2n) is 9.19. The Kier molecular flexibility index (Phi) is 4.78. The van der Waals surface area contributed by atoms with Crippen LogP contribution < -0.4 is 5.56 Å². The number of benzene rings is 1. The molecule has 5 rings (SSSR count). The number of aromatic nitrogens is 4. The zero-order valence-corrected chi connectivity index (χ0v) is 19.4. The number of hydrogen-bond acceptors (Lipinski definition) is 5. The van der Waals surface area contributed by atoms with Gasteiger partial charge in [-0.1, -0.05) is 62.9 Å². The molecule has 4 aromatic rings. The number of aryl methyl sites for hydroxylation is 1. The molecule has 3 heterocycles. The number of hydrogen-bond donors (Lipinski definition) is 0. The van der Waals surface area contributed by atoms with Crippen LogP contribution in [0.25, 0.3) is 16.0 Å². The molecule has 0 fully saturated rings. The highest BCUT2D eigenvalue weighted by molar-refractivity contribution is 7.98. The Hall–Kier alpha value is -2.12. The van der Waals surface area contributed by atoms with Crippen LogP contribution in [0, 0.1) is 11.3 Å². The topological polar surface area (TPSA) is 52.2 Å². The lowest BCUT2D eigenvalue weighted by Crippen LogP contribution is -2.27. The molecule has 156 valence electrons. The maximum atomic E-state index is 13.7. The van der Waals surface area contributed by atoms with E-state index in [-0.39, 0.29) is 11.0 Å². The van der Waals surface area contributed by atoms with Crippen molar-refractivity contribution < 1.29 is 0 Å². The fourth-order valence-electron chi connectivity index (χ4n) is 4.57. The summed E-state index contributed by atoms with van der Waals surface area (Å²) in [5, 5.41) is 10.5. The highest BCUT2D eigenvalue weighted by Crippen LogP contribution is 2.43. The monoisotopic (exact) mass is 438 g/mol. The van der Waals surface area contributed by atoms with Crippen LogP contribution in [0.4, 0.5) is 0 Å². The van der Waals surface area contributed by atoms with Gasteiger partial charge in [-0.15, -0.1) is 21.5 Å². The van der Waals surface area contributed by atoms with Crippen LogP contribution >= 0.6 is 23.1 Å². The number of rotatable bonds is 3. The summed E-state index contributed by atoms with van der Waals surface area (Å²) in [6.45, 7) is 7.48. The van der Waals surface area contributed by atoms with Crippen LogP contribution in [-0.4, -0.2) is 25.4 Å². The minimum atomic E-state index is 0.0631. The molecular weight excluding hydrogens is 412 g/mol. The van der Waals surface area contributed by atoms with Crippen LogP contribution in [0.2, 0.25) is 0 Å². The Bertz CT molecular complexity index is 1290. The average molecular weight is 439 g/mol. The number of nitrogens with zero attached hydrogens (tertiary/aromatic N) is 4. The average Bonchev–Trinajstić information content (AvgIpc) is 3.32. The Balaban J connectivity index is 1.77. The molecule has 7 heteroatoms. The second-order valence-corrected chi connectivity index (χ2v) is 11.0. The van der Waals surface area contributed by atoms with Crippen molar-refractivity contribution in [1.82, 2.24) is 19.2 Å². The van der Waals surface area contributed by atoms with E-state index in [1.54, 1.807) is 27.7 Å². The first-order valence-electron chi connectivity index (χ1n) is 10.4. The molecule has 1 aliphatic carbocycles. The Morgan fingerprint density at radius 1 is 1.20 bits per heavy atom. The highest BCUT2D eigenvalue weighted by Gasteiger charge is 2.32. The smallest absolute Gasteiger partial charge is 0.264 e. The maximum absolute atomic E-state index is 13.7. The molecule has 1 atom stereocenters. The third kappa shape index (κ3) is 3.10. The van der Waals surface area contributed by atoms with Gasteiger partial charge in [-0.3, -0.25) is 9.36 Å². The SMILES string of the molecule is CSc1nnc2n(Cc3ccccc3)c(=O)c3c4c(sc3n12)C[C@@H](C(C)(C)C)CC4. The first-order valence-corrected chi connectivity index (χ1v) is 12.4. The normalized spacial score (nSPS) is 17.0. The van der Waals surface area contributed by atoms with E-state index in [0.29, 0.717) is 18.2 Å². The fourth-order valence-corrected chi connectivity index (χ4v) is 6.52. The van der Waals surface area contributed by atoms with E-state index in [2.05, 4.69) is 47.5 Å². The van der Waals surface area contributed by atoms with Crippen molar-refractivity contribution in [3.05, 3.63) is 56.7 Å². The van der Waals surface area contributed by atoms with Gasteiger partial charge in [0.05, 0.1) is 11.9 Å². The molecule has 0 saturated carbocycles. The highest BCUT2D eigenvalue weighted by atomic mass is 32.2. The molecule has 0 spiro atoms. The molecular formula is C23H26N4OS2. The zero-order chi connectivity index (χ0) is 21.0. The first kappa shape index (κ1) is 19.8. The van der Waals surface area contributed by atoms with Crippen molar-refractivity contribution >= 4 is 39.1 Å². The molecule has 3 aromatic heterocycles. The maximum Gasteiger partial charge on any atom is 0.264 e. The molecule has 1 aromatic carbocycles. The standard InChI is InChI=1S/C23H26N4OS2/c1-23(2,3)15-10-11-16-17(12-15)30-20-18(16)19(28)26(13-14-8-6-5-7-9-14)21-24-25-22(29-4)27(20)21/h5-9,15H,10-13H2,1-4H3/t15-/m0/s1. The van der Waals surface area contributed by atoms with E-state index >= 15 is 0 Å². The number of thiophene rings is 1. The predicted molar refractivity (Wildman–Crippen MR) is 125 cm³/mol. The van der Waals surface area contributed by atoms with Crippen LogP contribution in [0.15, 0.2) is 40.3 Å². The van der Waals surface area contributed by atoms with Crippen molar-refractivity contribution in [3.63, 3.8) is 0 Å². The third-order valence-electron chi connectivity index (χ3n) is 6.36. The van der Waals surface area contributed by atoms with Gasteiger partial charge in [0, 0.05) is 4.88 Å². The van der Waals surface area contributed by atoms with Gasteiger partial charge in [0.1, 0.15) is 4.83 Å². The van der Waals surface area contributed by atoms with E-state index in [9.17, 15) is 4.79 Å². The van der Waals surface area contributed by atoms with E-state index in [0.717, 1.165) is 40.2 Å². The van der Waals surface area contributed by atoms with Crippen LogP contribution in [0.1, 0.15) is 43.2 Å². The Morgan fingerprint density at radius 2 is 1.97 bits per heavy atom.